The quantitative estimate of drug-likeness (QED) is 0.515. The van der Waals surface area contributed by atoms with Crippen molar-refractivity contribution in [2.24, 2.45) is 0 Å². The number of thiophene rings is 1. The van der Waals surface area contributed by atoms with E-state index in [1.54, 1.807) is 35.7 Å². The highest BCUT2D eigenvalue weighted by Crippen LogP contribution is 2.20. The minimum absolute atomic E-state index is 0.150. The van der Waals surface area contributed by atoms with Crippen LogP contribution in [0.15, 0.2) is 58.3 Å². The van der Waals surface area contributed by atoms with Gasteiger partial charge in [-0.3, -0.25) is 20.4 Å². The Morgan fingerprint density at radius 1 is 1.19 bits per heavy atom. The molecule has 0 aliphatic rings. The van der Waals surface area contributed by atoms with Crippen molar-refractivity contribution in [3.63, 3.8) is 0 Å². The van der Waals surface area contributed by atoms with Crippen LogP contribution in [0, 0.1) is 0 Å². The molecular formula is C16H15N5O4S2. The second kappa shape index (κ2) is 8.01. The highest BCUT2D eigenvalue weighted by Gasteiger charge is 2.16. The summed E-state index contributed by atoms with van der Waals surface area (Å²) in [6.45, 7) is 0. The molecule has 0 spiro atoms. The Hall–Kier alpha value is -3.18. The molecule has 0 aliphatic carbocycles. The summed E-state index contributed by atoms with van der Waals surface area (Å²) in [4.78, 5) is 20.2. The van der Waals surface area contributed by atoms with E-state index >= 15 is 0 Å². The summed E-state index contributed by atoms with van der Waals surface area (Å²) < 4.78 is 32.2. The van der Waals surface area contributed by atoms with Gasteiger partial charge in [-0.15, -0.1) is 11.3 Å². The second-order valence-electron chi connectivity index (χ2n) is 5.12. The van der Waals surface area contributed by atoms with E-state index in [0.29, 0.717) is 5.88 Å². The van der Waals surface area contributed by atoms with Crippen molar-refractivity contribution in [3.05, 3.63) is 59.6 Å². The molecule has 9 nitrogen and oxygen atoms in total. The number of carbonyl (C=O) groups excluding carboxylic acids is 1. The zero-order valence-corrected chi connectivity index (χ0v) is 15.7. The summed E-state index contributed by atoms with van der Waals surface area (Å²) in [6, 6.07) is 10.8. The Bertz CT molecular complexity index is 1040. The summed E-state index contributed by atoms with van der Waals surface area (Å²) in [6.07, 6.45) is 1.47. The lowest BCUT2D eigenvalue weighted by molar-refractivity contribution is 0.0962. The molecule has 11 heteroatoms. The van der Waals surface area contributed by atoms with Crippen LogP contribution in [0.1, 0.15) is 10.4 Å². The second-order valence-corrected chi connectivity index (χ2v) is 7.98. The van der Waals surface area contributed by atoms with E-state index in [0.717, 1.165) is 11.3 Å². The van der Waals surface area contributed by atoms with Crippen molar-refractivity contribution in [1.82, 2.24) is 15.4 Å². The normalized spacial score (nSPS) is 10.9. The summed E-state index contributed by atoms with van der Waals surface area (Å²) in [5.41, 5.74) is 5.53. The van der Waals surface area contributed by atoms with Crippen LogP contribution in [-0.4, -0.2) is 31.4 Å². The third-order valence-electron chi connectivity index (χ3n) is 3.26. The number of hydrogen-bond acceptors (Lipinski definition) is 8. The minimum Gasteiger partial charge on any atom is -0.481 e. The van der Waals surface area contributed by atoms with Gasteiger partial charge in [0.25, 0.3) is 15.9 Å². The van der Waals surface area contributed by atoms with Crippen molar-refractivity contribution in [2.45, 2.75) is 4.21 Å². The number of anilines is 2. The van der Waals surface area contributed by atoms with Gasteiger partial charge in [0.1, 0.15) is 4.21 Å². The average molecular weight is 405 g/mol. The van der Waals surface area contributed by atoms with Crippen LogP contribution < -0.4 is 20.3 Å². The first-order valence-corrected chi connectivity index (χ1v) is 9.94. The number of rotatable bonds is 7. The van der Waals surface area contributed by atoms with Crippen molar-refractivity contribution < 1.29 is 17.9 Å². The van der Waals surface area contributed by atoms with Crippen molar-refractivity contribution in [1.29, 1.82) is 0 Å². The number of ether oxygens (including phenoxy) is 1. The number of benzene rings is 1. The molecule has 0 saturated heterocycles. The summed E-state index contributed by atoms with van der Waals surface area (Å²) in [5.74, 6) is 0.00238. The Morgan fingerprint density at radius 2 is 2.04 bits per heavy atom. The predicted molar refractivity (Wildman–Crippen MR) is 101 cm³/mol. The topological polar surface area (TPSA) is 122 Å². The van der Waals surface area contributed by atoms with Crippen LogP contribution in [-0.2, 0) is 10.0 Å². The zero-order valence-electron chi connectivity index (χ0n) is 14.0. The largest absolute Gasteiger partial charge is 0.481 e. The minimum atomic E-state index is -3.69. The lowest BCUT2D eigenvalue weighted by Gasteiger charge is -2.10. The zero-order chi connectivity index (χ0) is 19.3. The SMILES string of the molecule is COc1ccnc(NNC(=O)c2cccc(NS(=O)(=O)c3cccs3)c2)n1. The Morgan fingerprint density at radius 3 is 2.78 bits per heavy atom. The van der Waals surface area contributed by atoms with Crippen LogP contribution in [0.25, 0.3) is 0 Å². The summed E-state index contributed by atoms with van der Waals surface area (Å²) in [5, 5.41) is 1.67. The monoisotopic (exact) mass is 405 g/mol. The number of amides is 1. The molecule has 3 aromatic rings. The van der Waals surface area contributed by atoms with Gasteiger partial charge in [-0.2, -0.15) is 4.98 Å². The first-order chi connectivity index (χ1) is 13.0. The van der Waals surface area contributed by atoms with Gasteiger partial charge in [0.05, 0.1) is 7.11 Å². The van der Waals surface area contributed by atoms with Crippen LogP contribution in [0.2, 0.25) is 0 Å². The van der Waals surface area contributed by atoms with E-state index in [-0.39, 0.29) is 21.4 Å². The fourth-order valence-corrected chi connectivity index (χ4v) is 4.09. The van der Waals surface area contributed by atoms with Crippen LogP contribution in [0.4, 0.5) is 11.6 Å². The molecule has 2 aromatic heterocycles. The molecule has 0 unspecified atom stereocenters. The lowest BCUT2D eigenvalue weighted by Crippen LogP contribution is -2.30. The molecule has 27 heavy (non-hydrogen) atoms. The first-order valence-electron chi connectivity index (χ1n) is 7.58. The van der Waals surface area contributed by atoms with E-state index in [1.807, 2.05) is 0 Å². The van der Waals surface area contributed by atoms with Crippen molar-refractivity contribution in [2.75, 3.05) is 17.3 Å². The molecule has 0 radical (unpaired) electrons. The number of nitrogens with zero attached hydrogens (tertiary/aromatic N) is 2. The predicted octanol–water partition coefficient (Wildman–Crippen LogP) is 2.10. The number of aromatic nitrogens is 2. The summed E-state index contributed by atoms with van der Waals surface area (Å²) in [7, 11) is -2.22. The molecule has 0 fully saturated rings. The maximum Gasteiger partial charge on any atom is 0.271 e. The van der Waals surface area contributed by atoms with Gasteiger partial charge in [-0.25, -0.2) is 13.4 Å². The third-order valence-corrected chi connectivity index (χ3v) is 6.04. The molecule has 0 bridgehead atoms. The highest BCUT2D eigenvalue weighted by atomic mass is 32.2. The van der Waals surface area contributed by atoms with E-state index in [1.165, 1.54) is 25.4 Å². The number of sulfonamides is 1. The van der Waals surface area contributed by atoms with Gasteiger partial charge in [0.2, 0.25) is 11.8 Å². The Labute approximate surface area is 159 Å². The van der Waals surface area contributed by atoms with E-state index in [2.05, 4.69) is 25.5 Å². The molecule has 0 atom stereocenters. The van der Waals surface area contributed by atoms with Gasteiger partial charge < -0.3 is 4.74 Å². The van der Waals surface area contributed by atoms with Gasteiger partial charge in [-0.1, -0.05) is 12.1 Å². The lowest BCUT2D eigenvalue weighted by atomic mass is 10.2. The number of hydrazine groups is 1. The first kappa shape index (κ1) is 18.6. The van der Waals surface area contributed by atoms with Gasteiger partial charge in [-0.05, 0) is 29.6 Å². The van der Waals surface area contributed by atoms with Crippen molar-refractivity contribution in [3.8, 4) is 5.88 Å². The van der Waals surface area contributed by atoms with E-state index in [4.69, 9.17) is 4.74 Å². The van der Waals surface area contributed by atoms with E-state index in [9.17, 15) is 13.2 Å². The maximum absolute atomic E-state index is 12.3. The number of methoxy groups -OCH3 is 1. The third kappa shape index (κ3) is 4.71. The van der Waals surface area contributed by atoms with Crippen molar-refractivity contribution >= 4 is 38.9 Å². The molecule has 2 heterocycles. The molecule has 0 aliphatic heterocycles. The molecule has 140 valence electrons. The molecule has 0 saturated carbocycles. The fourth-order valence-electron chi connectivity index (χ4n) is 2.05. The van der Waals surface area contributed by atoms with Crippen LogP contribution in [0.5, 0.6) is 5.88 Å². The van der Waals surface area contributed by atoms with Crippen LogP contribution >= 0.6 is 11.3 Å². The molecule has 1 aromatic carbocycles. The maximum atomic E-state index is 12.3. The summed E-state index contributed by atoms with van der Waals surface area (Å²) >= 11 is 1.10. The molecule has 3 rings (SSSR count). The van der Waals surface area contributed by atoms with Gasteiger partial charge in [0.15, 0.2) is 0 Å². The highest BCUT2D eigenvalue weighted by molar-refractivity contribution is 7.94. The van der Waals surface area contributed by atoms with Gasteiger partial charge >= 0.3 is 0 Å². The molecule has 1 amide bonds. The Kier molecular flexibility index (Phi) is 5.52. The van der Waals surface area contributed by atoms with Crippen LogP contribution in [0.3, 0.4) is 0 Å². The molecule has 3 N–H and O–H groups in total. The fraction of sp³-hybridized carbons (Fsp3) is 0.0625. The number of hydrogen-bond donors (Lipinski definition) is 3. The molecular weight excluding hydrogens is 390 g/mol. The number of nitrogens with one attached hydrogen (secondary N) is 3. The average Bonchev–Trinajstić information content (AvgIpc) is 3.22. The number of carbonyl (C=O) groups is 1. The standard InChI is InChI=1S/C16H15N5O4S2/c1-25-13-7-8-17-16(18-13)20-19-15(22)11-4-2-5-12(10-11)21-27(23,24)14-6-3-9-26-14/h2-10,21H,1H3,(H,19,22)(H,17,18,20). The smallest absolute Gasteiger partial charge is 0.271 e. The Balaban J connectivity index is 1.68. The van der Waals surface area contributed by atoms with E-state index < -0.39 is 15.9 Å². The van der Waals surface area contributed by atoms with Gasteiger partial charge in [0, 0.05) is 23.5 Å².